The van der Waals surface area contributed by atoms with E-state index in [1.54, 1.807) is 45.1 Å². The molecule has 0 aliphatic rings. The smallest absolute Gasteiger partial charge is 0.306 e. The second-order valence-electron chi connectivity index (χ2n) is 5.44. The summed E-state index contributed by atoms with van der Waals surface area (Å²) in [5, 5.41) is 6.50. The minimum absolute atomic E-state index is 0.0907. The molecule has 0 spiro atoms. The highest BCUT2D eigenvalue weighted by molar-refractivity contribution is 5.81. The summed E-state index contributed by atoms with van der Waals surface area (Å²) in [7, 11) is 1.70. The minimum atomic E-state index is -0.511. The van der Waals surface area contributed by atoms with Gasteiger partial charge in [0.2, 0.25) is 5.91 Å². The van der Waals surface area contributed by atoms with Crippen LogP contribution in [0.3, 0.4) is 0 Å². The van der Waals surface area contributed by atoms with Gasteiger partial charge in [-0.1, -0.05) is 0 Å². The van der Waals surface area contributed by atoms with E-state index in [9.17, 15) is 9.59 Å². The Balaban J connectivity index is 2.32. The predicted molar refractivity (Wildman–Crippen MR) is 70.1 cm³/mol. The van der Waals surface area contributed by atoms with Crippen molar-refractivity contribution in [3.05, 3.63) is 18.0 Å². The van der Waals surface area contributed by atoms with Crippen molar-refractivity contribution in [2.75, 3.05) is 7.05 Å². The third-order valence-electron chi connectivity index (χ3n) is 2.36. The zero-order valence-corrected chi connectivity index (χ0v) is 11.9. The molecular weight excluding hydrogens is 246 g/mol. The fraction of sp³-hybridized carbons (Fsp3) is 0.615. The van der Waals surface area contributed by atoms with Crippen LogP contribution >= 0.6 is 0 Å². The molecule has 1 N–H and O–H groups in total. The van der Waals surface area contributed by atoms with Crippen molar-refractivity contribution in [1.29, 1.82) is 0 Å². The number of esters is 1. The van der Waals surface area contributed by atoms with E-state index >= 15 is 0 Å². The lowest BCUT2D eigenvalue weighted by molar-refractivity contribution is -0.156. The van der Waals surface area contributed by atoms with E-state index in [1.165, 1.54) is 0 Å². The number of aromatic nitrogens is 2. The number of hydrogen-bond donors (Lipinski definition) is 1. The largest absolute Gasteiger partial charge is 0.460 e. The van der Waals surface area contributed by atoms with Crippen LogP contribution in [0.15, 0.2) is 12.4 Å². The molecule has 0 aliphatic carbocycles. The van der Waals surface area contributed by atoms with Gasteiger partial charge in [-0.2, -0.15) is 5.10 Å². The Morgan fingerprint density at radius 1 is 1.37 bits per heavy atom. The van der Waals surface area contributed by atoms with Crippen LogP contribution in [0.1, 0.15) is 39.2 Å². The fourth-order valence-electron chi connectivity index (χ4n) is 1.52. The summed E-state index contributed by atoms with van der Waals surface area (Å²) in [5.74, 6) is -0.440. The Morgan fingerprint density at radius 2 is 2.05 bits per heavy atom. The van der Waals surface area contributed by atoms with E-state index in [1.807, 2.05) is 0 Å². The third kappa shape index (κ3) is 6.03. The molecule has 1 amide bonds. The number of nitrogens with one attached hydrogen (secondary N) is 1. The highest BCUT2D eigenvalue weighted by atomic mass is 16.6. The molecule has 0 radical (unpaired) electrons. The predicted octanol–water partition coefficient (Wildman–Crippen LogP) is 1.49. The molecular formula is C13H21N3O3. The first kappa shape index (κ1) is 15.2. The summed E-state index contributed by atoms with van der Waals surface area (Å²) in [6.07, 6.45) is 3.66. The average molecular weight is 267 g/mol. The molecule has 0 aliphatic heterocycles. The van der Waals surface area contributed by atoms with Crippen LogP contribution in [0.2, 0.25) is 0 Å². The zero-order chi connectivity index (χ0) is 14.5. The number of hydrogen-bond acceptors (Lipinski definition) is 4. The van der Waals surface area contributed by atoms with Gasteiger partial charge in [-0.25, -0.2) is 0 Å². The van der Waals surface area contributed by atoms with E-state index in [2.05, 4.69) is 10.2 Å². The van der Waals surface area contributed by atoms with E-state index in [4.69, 9.17) is 4.74 Å². The lowest BCUT2D eigenvalue weighted by atomic mass is 10.2. The van der Waals surface area contributed by atoms with Gasteiger partial charge in [0.25, 0.3) is 0 Å². The third-order valence-corrected chi connectivity index (χ3v) is 2.36. The molecule has 0 aromatic carbocycles. The Hall–Kier alpha value is -1.85. The van der Waals surface area contributed by atoms with E-state index in [0.29, 0.717) is 6.54 Å². The quantitative estimate of drug-likeness (QED) is 0.820. The maximum Gasteiger partial charge on any atom is 0.306 e. The van der Waals surface area contributed by atoms with Crippen LogP contribution in [-0.2, 0) is 20.9 Å². The number of carbonyl (C=O) groups excluding carboxylic acids is 2. The number of nitrogens with zero attached hydrogens (tertiary/aromatic N) is 2. The first-order valence-corrected chi connectivity index (χ1v) is 6.21. The average Bonchev–Trinajstić information content (AvgIpc) is 2.76. The Bertz CT molecular complexity index is 421. The monoisotopic (exact) mass is 267 g/mol. The second kappa shape index (κ2) is 6.36. The number of ether oxygens (including phenoxy) is 1. The van der Waals surface area contributed by atoms with E-state index in [0.717, 1.165) is 5.56 Å². The summed E-state index contributed by atoms with van der Waals surface area (Å²) in [6, 6.07) is 0. The number of rotatable bonds is 5. The second-order valence-corrected chi connectivity index (χ2v) is 5.44. The maximum absolute atomic E-state index is 11.8. The first-order chi connectivity index (χ1) is 8.78. The highest BCUT2D eigenvalue weighted by Gasteiger charge is 2.18. The molecule has 6 nitrogen and oxygen atoms in total. The summed E-state index contributed by atoms with van der Waals surface area (Å²) in [4.78, 5) is 24.9. The normalized spacial score (nSPS) is 11.2. The highest BCUT2D eigenvalue weighted by Crippen LogP contribution is 2.10. The van der Waals surface area contributed by atoms with Gasteiger partial charge in [0.05, 0.1) is 12.6 Å². The van der Waals surface area contributed by atoms with Crippen molar-refractivity contribution in [2.45, 2.75) is 45.8 Å². The number of amides is 1. The van der Waals surface area contributed by atoms with E-state index < -0.39 is 5.60 Å². The van der Waals surface area contributed by atoms with Crippen LogP contribution in [0.4, 0.5) is 0 Å². The fourth-order valence-corrected chi connectivity index (χ4v) is 1.52. The van der Waals surface area contributed by atoms with Crippen LogP contribution in [0.5, 0.6) is 0 Å². The first-order valence-electron chi connectivity index (χ1n) is 6.21. The lowest BCUT2D eigenvalue weighted by Crippen LogP contribution is -2.28. The van der Waals surface area contributed by atoms with Crippen LogP contribution in [-0.4, -0.2) is 39.6 Å². The molecule has 1 heterocycles. The van der Waals surface area contributed by atoms with Crippen molar-refractivity contribution in [2.24, 2.45) is 0 Å². The van der Waals surface area contributed by atoms with Crippen molar-refractivity contribution in [1.82, 2.24) is 15.1 Å². The Kier molecular flexibility index (Phi) is 5.09. The van der Waals surface area contributed by atoms with Gasteiger partial charge in [-0.3, -0.25) is 14.7 Å². The SMILES string of the molecule is CN(Cc1cn[nH]c1)C(=O)CCC(=O)OC(C)(C)C. The molecule has 6 heteroatoms. The van der Waals surface area contributed by atoms with Crippen LogP contribution < -0.4 is 0 Å². The van der Waals surface area contributed by atoms with Gasteiger partial charge in [0.15, 0.2) is 0 Å². The molecule has 1 rings (SSSR count). The Labute approximate surface area is 113 Å². The van der Waals surface area contributed by atoms with Crippen LogP contribution in [0, 0.1) is 0 Å². The molecule has 0 fully saturated rings. The van der Waals surface area contributed by atoms with Crippen LogP contribution in [0.25, 0.3) is 0 Å². The maximum atomic E-state index is 11.8. The van der Waals surface area contributed by atoms with Crippen molar-refractivity contribution in [3.8, 4) is 0 Å². The summed E-state index contributed by atoms with van der Waals surface area (Å²) in [5.41, 5.74) is 0.413. The molecule has 1 aromatic heterocycles. The van der Waals surface area contributed by atoms with Gasteiger partial charge < -0.3 is 9.64 Å². The molecule has 0 atom stereocenters. The van der Waals surface area contributed by atoms with Gasteiger partial charge >= 0.3 is 5.97 Å². The molecule has 0 saturated heterocycles. The molecule has 1 aromatic rings. The summed E-state index contributed by atoms with van der Waals surface area (Å²) in [6.45, 7) is 5.89. The number of H-pyrrole nitrogens is 1. The lowest BCUT2D eigenvalue weighted by Gasteiger charge is -2.20. The zero-order valence-electron chi connectivity index (χ0n) is 11.9. The molecule has 0 saturated carbocycles. The van der Waals surface area contributed by atoms with Gasteiger partial charge in [0.1, 0.15) is 5.60 Å². The standard InChI is InChI=1S/C13H21N3O3/c1-13(2,3)19-12(18)6-5-11(17)16(4)9-10-7-14-15-8-10/h7-8H,5-6,9H2,1-4H3,(H,14,15). The van der Waals surface area contributed by atoms with Gasteiger partial charge in [-0.05, 0) is 20.8 Å². The van der Waals surface area contributed by atoms with E-state index in [-0.39, 0.29) is 24.7 Å². The molecule has 19 heavy (non-hydrogen) atoms. The van der Waals surface area contributed by atoms with Gasteiger partial charge in [-0.15, -0.1) is 0 Å². The van der Waals surface area contributed by atoms with Crippen molar-refractivity contribution in [3.63, 3.8) is 0 Å². The summed E-state index contributed by atoms with van der Waals surface area (Å²) < 4.78 is 5.15. The molecule has 0 bridgehead atoms. The summed E-state index contributed by atoms with van der Waals surface area (Å²) >= 11 is 0. The molecule has 106 valence electrons. The number of aromatic amines is 1. The Morgan fingerprint density at radius 3 is 2.58 bits per heavy atom. The minimum Gasteiger partial charge on any atom is -0.460 e. The van der Waals surface area contributed by atoms with Gasteiger partial charge in [0, 0.05) is 31.8 Å². The topological polar surface area (TPSA) is 75.3 Å². The van der Waals surface area contributed by atoms with Crippen molar-refractivity contribution < 1.29 is 14.3 Å². The number of carbonyl (C=O) groups is 2. The van der Waals surface area contributed by atoms with Crippen molar-refractivity contribution >= 4 is 11.9 Å². The molecule has 0 unspecified atom stereocenters.